The Labute approximate surface area is 127 Å². The molecule has 19 heavy (non-hydrogen) atoms. The van der Waals surface area contributed by atoms with E-state index in [9.17, 15) is 5.11 Å². The fourth-order valence-electron chi connectivity index (χ4n) is 1.60. The van der Waals surface area contributed by atoms with E-state index >= 15 is 0 Å². The third-order valence-electron chi connectivity index (χ3n) is 2.51. The van der Waals surface area contributed by atoms with Crippen LogP contribution in [0.25, 0.3) is 0 Å². The zero-order valence-corrected chi connectivity index (χ0v) is 13.4. The third-order valence-corrected chi connectivity index (χ3v) is 3.36. The predicted octanol–water partition coefficient (Wildman–Crippen LogP) is 2.42. The Morgan fingerprint density at radius 2 is 2.21 bits per heavy atom. The molecule has 0 saturated carbocycles. The lowest BCUT2D eigenvalue weighted by Crippen LogP contribution is -2.34. The second-order valence-electron chi connectivity index (χ2n) is 4.29. The maximum absolute atomic E-state index is 9.58. The molecule has 0 aliphatic carbocycles. The van der Waals surface area contributed by atoms with E-state index in [1.807, 2.05) is 18.0 Å². The molecule has 1 atom stereocenters. The van der Waals surface area contributed by atoms with Gasteiger partial charge in [0.25, 0.3) is 0 Å². The van der Waals surface area contributed by atoms with Crippen molar-refractivity contribution in [2.24, 2.45) is 0 Å². The maximum Gasteiger partial charge on any atom is 0.133 e. The van der Waals surface area contributed by atoms with Crippen LogP contribution < -0.4 is 4.74 Å². The molecule has 0 aliphatic rings. The van der Waals surface area contributed by atoms with E-state index in [2.05, 4.69) is 15.9 Å². The first kappa shape index (κ1) is 16.7. The van der Waals surface area contributed by atoms with Gasteiger partial charge in [0, 0.05) is 25.2 Å². The molecule has 1 rings (SSSR count). The molecule has 0 fully saturated rings. The third kappa shape index (κ3) is 6.58. The Morgan fingerprint density at radius 3 is 2.84 bits per heavy atom. The molecule has 1 unspecified atom stereocenters. The highest BCUT2D eigenvalue weighted by Crippen LogP contribution is 2.27. The summed E-state index contributed by atoms with van der Waals surface area (Å²) < 4.78 is 11.4. The normalized spacial score (nSPS) is 12.7. The van der Waals surface area contributed by atoms with E-state index in [0.717, 1.165) is 16.8 Å². The summed E-state index contributed by atoms with van der Waals surface area (Å²) in [7, 11) is 3.50. The van der Waals surface area contributed by atoms with Crippen LogP contribution in [-0.2, 0) is 4.74 Å². The number of hydrogen-bond acceptors (Lipinski definition) is 4. The molecule has 1 aromatic rings. The van der Waals surface area contributed by atoms with Crippen molar-refractivity contribution in [1.82, 2.24) is 4.90 Å². The summed E-state index contributed by atoms with van der Waals surface area (Å²) in [4.78, 5) is 1.99. The summed E-state index contributed by atoms with van der Waals surface area (Å²) in [5.74, 6) is 0.759. The van der Waals surface area contributed by atoms with Crippen LogP contribution in [0.2, 0.25) is 5.02 Å². The van der Waals surface area contributed by atoms with Gasteiger partial charge >= 0.3 is 0 Å². The van der Waals surface area contributed by atoms with Crippen molar-refractivity contribution in [2.75, 3.05) is 40.5 Å². The first-order valence-corrected chi connectivity index (χ1v) is 7.13. The van der Waals surface area contributed by atoms with Crippen molar-refractivity contribution in [3.8, 4) is 5.75 Å². The monoisotopic (exact) mass is 351 g/mol. The van der Waals surface area contributed by atoms with Crippen molar-refractivity contribution in [3.63, 3.8) is 0 Å². The maximum atomic E-state index is 9.58. The fraction of sp³-hybridized carbons (Fsp3) is 0.538. The molecule has 4 nitrogen and oxygen atoms in total. The number of methoxy groups -OCH3 is 1. The number of aliphatic hydroxyl groups is 1. The van der Waals surface area contributed by atoms with Crippen LogP contribution in [0.15, 0.2) is 22.7 Å². The van der Waals surface area contributed by atoms with Gasteiger partial charge in [-0.05, 0) is 41.2 Å². The summed E-state index contributed by atoms with van der Waals surface area (Å²) in [6.45, 7) is 2.15. The number of hydrogen-bond donors (Lipinski definition) is 1. The number of benzene rings is 1. The second kappa shape index (κ2) is 8.76. The molecule has 0 aliphatic heterocycles. The van der Waals surface area contributed by atoms with Crippen LogP contribution in [0.4, 0.5) is 0 Å². The van der Waals surface area contributed by atoms with E-state index in [-0.39, 0.29) is 0 Å². The van der Waals surface area contributed by atoms with E-state index in [4.69, 9.17) is 21.1 Å². The van der Waals surface area contributed by atoms with Crippen LogP contribution in [0.1, 0.15) is 0 Å². The highest BCUT2D eigenvalue weighted by atomic mass is 79.9. The van der Waals surface area contributed by atoms with Gasteiger partial charge in [-0.1, -0.05) is 11.6 Å². The first-order valence-electron chi connectivity index (χ1n) is 5.96. The Balaban J connectivity index is 2.29. The van der Waals surface area contributed by atoms with Crippen molar-refractivity contribution >= 4 is 27.5 Å². The number of nitrogens with zero attached hydrogens (tertiary/aromatic N) is 1. The summed E-state index contributed by atoms with van der Waals surface area (Å²) in [5.41, 5.74) is 0. The smallest absolute Gasteiger partial charge is 0.133 e. The fourth-order valence-corrected chi connectivity index (χ4v) is 2.40. The van der Waals surface area contributed by atoms with Crippen LogP contribution in [0.5, 0.6) is 5.75 Å². The van der Waals surface area contributed by atoms with Crippen molar-refractivity contribution in [2.45, 2.75) is 6.10 Å². The van der Waals surface area contributed by atoms with E-state index in [1.54, 1.807) is 19.2 Å². The van der Waals surface area contributed by atoms with Gasteiger partial charge in [-0.2, -0.15) is 0 Å². The van der Waals surface area contributed by atoms with Crippen LogP contribution in [0.3, 0.4) is 0 Å². The SMILES string of the molecule is COCC(O)CN(C)CCOc1ccc(Cl)cc1Br. The summed E-state index contributed by atoms with van der Waals surface area (Å²) in [6, 6.07) is 5.41. The van der Waals surface area contributed by atoms with Gasteiger partial charge in [-0.3, -0.25) is 0 Å². The summed E-state index contributed by atoms with van der Waals surface area (Å²) in [5, 5.41) is 10.2. The standard InChI is InChI=1S/C13H19BrClNO3/c1-16(8-11(17)9-18-2)5-6-19-13-4-3-10(15)7-12(13)14/h3-4,7,11,17H,5-6,8-9H2,1-2H3. The number of ether oxygens (including phenoxy) is 2. The van der Waals surface area contributed by atoms with Gasteiger partial charge in [0.1, 0.15) is 12.4 Å². The summed E-state index contributed by atoms with van der Waals surface area (Å²) in [6.07, 6.45) is -0.475. The molecule has 0 bridgehead atoms. The molecule has 1 aromatic carbocycles. The number of aliphatic hydroxyl groups excluding tert-OH is 1. The van der Waals surface area contributed by atoms with Crippen LogP contribution >= 0.6 is 27.5 Å². The molecular weight excluding hydrogens is 334 g/mol. The quantitative estimate of drug-likeness (QED) is 0.780. The highest BCUT2D eigenvalue weighted by Gasteiger charge is 2.08. The number of likely N-dealkylation sites (N-methyl/N-ethyl adjacent to an activating group) is 1. The number of rotatable bonds is 8. The Kier molecular flexibility index (Phi) is 7.71. The van der Waals surface area contributed by atoms with E-state index in [1.165, 1.54) is 0 Å². The number of halogens is 2. The molecule has 0 aromatic heterocycles. The molecule has 6 heteroatoms. The minimum atomic E-state index is -0.475. The first-order chi connectivity index (χ1) is 9.02. The van der Waals surface area contributed by atoms with Gasteiger partial charge in [0.05, 0.1) is 17.2 Å². The zero-order chi connectivity index (χ0) is 14.3. The van der Waals surface area contributed by atoms with E-state index in [0.29, 0.717) is 24.8 Å². The Hall–Kier alpha value is -0.330. The molecule has 0 heterocycles. The van der Waals surface area contributed by atoms with Gasteiger partial charge in [0.15, 0.2) is 0 Å². The molecule has 0 amide bonds. The van der Waals surface area contributed by atoms with Crippen molar-refractivity contribution in [1.29, 1.82) is 0 Å². The van der Waals surface area contributed by atoms with Gasteiger partial charge in [0.2, 0.25) is 0 Å². The molecule has 0 radical (unpaired) electrons. The zero-order valence-electron chi connectivity index (χ0n) is 11.1. The average Bonchev–Trinajstić information content (AvgIpc) is 2.32. The summed E-state index contributed by atoms with van der Waals surface area (Å²) >= 11 is 9.25. The predicted molar refractivity (Wildman–Crippen MR) is 80.0 cm³/mol. The minimum absolute atomic E-state index is 0.341. The average molecular weight is 353 g/mol. The van der Waals surface area contributed by atoms with Crippen LogP contribution in [-0.4, -0.2) is 56.6 Å². The molecule has 0 saturated heterocycles. The highest BCUT2D eigenvalue weighted by molar-refractivity contribution is 9.10. The lowest BCUT2D eigenvalue weighted by atomic mass is 10.3. The molecule has 108 valence electrons. The molecule has 1 N–H and O–H groups in total. The Morgan fingerprint density at radius 1 is 1.47 bits per heavy atom. The minimum Gasteiger partial charge on any atom is -0.491 e. The van der Waals surface area contributed by atoms with E-state index < -0.39 is 6.10 Å². The molecular formula is C13H19BrClNO3. The van der Waals surface area contributed by atoms with Gasteiger partial charge < -0.3 is 19.5 Å². The van der Waals surface area contributed by atoms with Crippen LogP contribution in [0, 0.1) is 0 Å². The Bertz CT molecular complexity index is 392. The lowest BCUT2D eigenvalue weighted by molar-refractivity contribution is 0.0409. The lowest BCUT2D eigenvalue weighted by Gasteiger charge is -2.20. The second-order valence-corrected chi connectivity index (χ2v) is 5.59. The topological polar surface area (TPSA) is 41.9 Å². The molecule has 0 spiro atoms. The van der Waals surface area contributed by atoms with Crippen molar-refractivity contribution < 1.29 is 14.6 Å². The van der Waals surface area contributed by atoms with Gasteiger partial charge in [-0.25, -0.2) is 0 Å². The van der Waals surface area contributed by atoms with Crippen molar-refractivity contribution in [3.05, 3.63) is 27.7 Å². The largest absolute Gasteiger partial charge is 0.491 e. The van der Waals surface area contributed by atoms with Gasteiger partial charge in [-0.15, -0.1) is 0 Å².